The van der Waals surface area contributed by atoms with E-state index in [4.69, 9.17) is 4.74 Å². The van der Waals surface area contributed by atoms with Gasteiger partial charge in [-0.1, -0.05) is 0 Å². The lowest BCUT2D eigenvalue weighted by Gasteiger charge is -2.32. The lowest BCUT2D eigenvalue weighted by Crippen LogP contribution is -2.47. The molecule has 164 valence electrons. The first-order valence-corrected chi connectivity index (χ1v) is 10.2. The number of piperazine rings is 1. The maximum Gasteiger partial charge on any atom is 0.320 e. The Hall–Kier alpha value is -3.24. The summed E-state index contributed by atoms with van der Waals surface area (Å²) in [5.74, 6) is 0.522. The highest BCUT2D eigenvalue weighted by Crippen LogP contribution is 2.33. The number of aromatic amines is 1. The van der Waals surface area contributed by atoms with Crippen LogP contribution in [0.1, 0.15) is 0 Å². The van der Waals surface area contributed by atoms with Crippen LogP contribution in [0, 0.1) is 5.82 Å². The summed E-state index contributed by atoms with van der Waals surface area (Å²) in [5, 5.41) is 13.4. The van der Waals surface area contributed by atoms with Crippen LogP contribution in [-0.2, 0) is 0 Å². The molecule has 1 aliphatic rings. The average molecular weight is 427 g/mol. The SMILES string of the molecule is COc1ccc(F)cc1-c1n[nH]c2nc(NC(=O)NCCN3CCN(C)CC3)ccc12. The smallest absolute Gasteiger partial charge is 0.320 e. The average Bonchev–Trinajstić information content (AvgIpc) is 3.18. The molecule has 2 aromatic heterocycles. The second kappa shape index (κ2) is 9.27. The van der Waals surface area contributed by atoms with Crippen LogP contribution in [0.4, 0.5) is 15.0 Å². The molecule has 1 saturated heterocycles. The van der Waals surface area contributed by atoms with Gasteiger partial charge in [0.1, 0.15) is 23.1 Å². The molecule has 3 aromatic rings. The number of carbonyl (C=O) groups excluding carboxylic acids is 1. The van der Waals surface area contributed by atoms with Gasteiger partial charge in [-0.25, -0.2) is 14.2 Å². The van der Waals surface area contributed by atoms with E-state index in [0.29, 0.717) is 40.4 Å². The number of amides is 2. The number of H-pyrrole nitrogens is 1. The van der Waals surface area contributed by atoms with Gasteiger partial charge >= 0.3 is 6.03 Å². The Morgan fingerprint density at radius 3 is 2.81 bits per heavy atom. The lowest BCUT2D eigenvalue weighted by atomic mass is 10.1. The Morgan fingerprint density at radius 2 is 2.03 bits per heavy atom. The molecule has 4 rings (SSSR count). The van der Waals surface area contributed by atoms with Crippen LogP contribution in [0.3, 0.4) is 0 Å². The molecule has 10 heteroatoms. The Bertz CT molecular complexity index is 1060. The zero-order valence-corrected chi connectivity index (χ0v) is 17.6. The normalized spacial score (nSPS) is 15.2. The number of methoxy groups -OCH3 is 1. The van der Waals surface area contributed by atoms with E-state index in [2.05, 4.69) is 42.7 Å². The zero-order valence-electron chi connectivity index (χ0n) is 17.6. The van der Waals surface area contributed by atoms with E-state index in [1.165, 1.54) is 19.2 Å². The molecule has 0 bridgehead atoms. The first-order valence-electron chi connectivity index (χ1n) is 10.2. The number of carbonyl (C=O) groups is 1. The van der Waals surface area contributed by atoms with Crippen molar-refractivity contribution < 1.29 is 13.9 Å². The largest absolute Gasteiger partial charge is 0.496 e. The van der Waals surface area contributed by atoms with Crippen molar-refractivity contribution in [3.05, 3.63) is 36.1 Å². The number of nitrogens with zero attached hydrogens (tertiary/aromatic N) is 4. The van der Waals surface area contributed by atoms with E-state index < -0.39 is 0 Å². The van der Waals surface area contributed by atoms with Gasteiger partial charge in [0, 0.05) is 50.2 Å². The van der Waals surface area contributed by atoms with E-state index >= 15 is 0 Å². The monoisotopic (exact) mass is 427 g/mol. The Labute approximate surface area is 179 Å². The summed E-state index contributed by atoms with van der Waals surface area (Å²) in [6.07, 6.45) is 0. The molecular weight excluding hydrogens is 401 g/mol. The van der Waals surface area contributed by atoms with Crippen LogP contribution < -0.4 is 15.4 Å². The lowest BCUT2D eigenvalue weighted by molar-refractivity contribution is 0.155. The summed E-state index contributed by atoms with van der Waals surface area (Å²) in [5.41, 5.74) is 1.54. The van der Waals surface area contributed by atoms with Crippen molar-refractivity contribution in [2.24, 2.45) is 0 Å². The van der Waals surface area contributed by atoms with Crippen LogP contribution in [0.25, 0.3) is 22.3 Å². The highest BCUT2D eigenvalue weighted by molar-refractivity contribution is 5.95. The Balaban J connectivity index is 1.39. The van der Waals surface area contributed by atoms with Gasteiger partial charge in [0.2, 0.25) is 0 Å². The molecular formula is C21H26FN7O2. The summed E-state index contributed by atoms with van der Waals surface area (Å²) in [6, 6.07) is 7.42. The van der Waals surface area contributed by atoms with E-state index in [0.717, 1.165) is 32.7 Å². The molecule has 1 aliphatic heterocycles. The molecule has 0 saturated carbocycles. The minimum Gasteiger partial charge on any atom is -0.496 e. The van der Waals surface area contributed by atoms with E-state index in [1.54, 1.807) is 18.2 Å². The number of ether oxygens (including phenoxy) is 1. The molecule has 2 amide bonds. The summed E-state index contributed by atoms with van der Waals surface area (Å²) in [6.45, 7) is 5.48. The number of hydrogen-bond donors (Lipinski definition) is 3. The number of benzene rings is 1. The number of halogens is 1. The number of rotatable bonds is 6. The molecule has 1 fully saturated rings. The molecule has 3 N–H and O–H groups in total. The molecule has 0 atom stereocenters. The number of anilines is 1. The zero-order chi connectivity index (χ0) is 21.8. The van der Waals surface area contributed by atoms with Crippen LogP contribution in [-0.4, -0.2) is 84.4 Å². The topological polar surface area (TPSA) is 98.4 Å². The minimum atomic E-state index is -0.383. The number of aromatic nitrogens is 3. The maximum absolute atomic E-state index is 13.8. The van der Waals surface area contributed by atoms with Gasteiger partial charge in [-0.15, -0.1) is 0 Å². The number of nitrogens with one attached hydrogen (secondary N) is 3. The molecule has 9 nitrogen and oxygen atoms in total. The van der Waals surface area contributed by atoms with E-state index in [-0.39, 0.29) is 11.8 Å². The summed E-state index contributed by atoms with van der Waals surface area (Å²) < 4.78 is 19.1. The van der Waals surface area contributed by atoms with E-state index in [9.17, 15) is 9.18 Å². The summed E-state index contributed by atoms with van der Waals surface area (Å²) in [4.78, 5) is 21.2. The van der Waals surface area contributed by atoms with Gasteiger partial charge in [0.15, 0.2) is 5.65 Å². The van der Waals surface area contributed by atoms with Crippen LogP contribution >= 0.6 is 0 Å². The molecule has 0 radical (unpaired) electrons. The number of urea groups is 1. The molecule has 0 aliphatic carbocycles. The second-order valence-electron chi connectivity index (χ2n) is 7.54. The van der Waals surface area contributed by atoms with Crippen molar-refractivity contribution in [2.45, 2.75) is 0 Å². The van der Waals surface area contributed by atoms with Crippen molar-refractivity contribution in [3.63, 3.8) is 0 Å². The number of pyridine rings is 1. The molecule has 1 aromatic carbocycles. The van der Waals surface area contributed by atoms with Gasteiger partial charge in [0.25, 0.3) is 0 Å². The maximum atomic E-state index is 13.8. The van der Waals surface area contributed by atoms with Gasteiger partial charge in [-0.2, -0.15) is 5.10 Å². The van der Waals surface area contributed by atoms with Crippen molar-refractivity contribution in [3.8, 4) is 17.0 Å². The minimum absolute atomic E-state index is 0.312. The first-order chi connectivity index (χ1) is 15.0. The predicted molar refractivity (Wildman–Crippen MR) is 117 cm³/mol. The van der Waals surface area contributed by atoms with Gasteiger partial charge in [-0.05, 0) is 37.4 Å². The Kier molecular flexibility index (Phi) is 6.28. The third kappa shape index (κ3) is 4.92. The first kappa shape index (κ1) is 21.0. The van der Waals surface area contributed by atoms with Gasteiger partial charge < -0.3 is 15.0 Å². The van der Waals surface area contributed by atoms with Crippen molar-refractivity contribution in [1.82, 2.24) is 30.3 Å². The molecule has 3 heterocycles. The standard InChI is InChI=1S/C21H26FN7O2/c1-28-9-11-29(12-10-28)8-7-23-21(30)25-18-6-4-15-19(26-27-20(15)24-18)16-13-14(22)3-5-17(16)31-2/h3-6,13H,7-12H2,1-2H3,(H3,23,24,25,26,27,30). The van der Waals surface area contributed by atoms with Crippen LogP contribution in [0.2, 0.25) is 0 Å². The van der Waals surface area contributed by atoms with Crippen molar-refractivity contribution in [1.29, 1.82) is 0 Å². The van der Waals surface area contributed by atoms with E-state index in [1.807, 2.05) is 0 Å². The summed E-state index contributed by atoms with van der Waals surface area (Å²) >= 11 is 0. The van der Waals surface area contributed by atoms with Crippen LogP contribution in [0.5, 0.6) is 5.75 Å². The fourth-order valence-corrected chi connectivity index (χ4v) is 3.60. The number of fused-ring (bicyclic) bond motifs is 1. The van der Waals surface area contributed by atoms with Crippen molar-refractivity contribution in [2.75, 3.05) is 58.7 Å². The number of likely N-dealkylation sites (N-methyl/N-ethyl adjacent to an activating group) is 1. The third-order valence-corrected chi connectivity index (χ3v) is 5.39. The Morgan fingerprint density at radius 1 is 1.23 bits per heavy atom. The fraction of sp³-hybridized carbons (Fsp3) is 0.381. The second-order valence-corrected chi connectivity index (χ2v) is 7.54. The molecule has 0 unspecified atom stereocenters. The third-order valence-electron chi connectivity index (χ3n) is 5.39. The fourth-order valence-electron chi connectivity index (χ4n) is 3.60. The quantitative estimate of drug-likeness (QED) is 0.558. The number of hydrogen-bond acceptors (Lipinski definition) is 6. The predicted octanol–water partition coefficient (Wildman–Crippen LogP) is 2.14. The van der Waals surface area contributed by atoms with Gasteiger partial charge in [0.05, 0.1) is 7.11 Å². The molecule has 31 heavy (non-hydrogen) atoms. The molecule has 0 spiro atoms. The van der Waals surface area contributed by atoms with Gasteiger partial charge in [-0.3, -0.25) is 15.3 Å². The van der Waals surface area contributed by atoms with Crippen LogP contribution in [0.15, 0.2) is 30.3 Å². The highest BCUT2D eigenvalue weighted by atomic mass is 19.1. The van der Waals surface area contributed by atoms with Crippen molar-refractivity contribution >= 4 is 22.9 Å². The summed E-state index contributed by atoms with van der Waals surface area (Å²) in [7, 11) is 3.64. The highest BCUT2D eigenvalue weighted by Gasteiger charge is 2.16.